The molecule has 0 aliphatic carbocycles. The molecule has 1 nitrogen and oxygen atoms in total. The van der Waals surface area contributed by atoms with E-state index in [-0.39, 0.29) is 21.1 Å². The number of hydrogen-bond donors (Lipinski definition) is 1. The average molecular weight is 434 g/mol. The van der Waals surface area contributed by atoms with Gasteiger partial charge in [0.1, 0.15) is 4.32 Å². The number of thiocarbonyl (C=S) groups is 1. The van der Waals surface area contributed by atoms with Crippen LogP contribution >= 0.6 is 24.0 Å². The molecule has 2 N–H and O–H groups in total. The van der Waals surface area contributed by atoms with E-state index in [4.69, 9.17) is 18.0 Å². The fourth-order valence-electron chi connectivity index (χ4n) is 2.80. The van der Waals surface area contributed by atoms with Crippen molar-refractivity contribution in [2.24, 2.45) is 5.73 Å². The molecule has 0 saturated heterocycles. The Labute approximate surface area is 166 Å². The number of rotatable bonds is 11. The molecule has 0 bridgehead atoms. The first-order valence-electron chi connectivity index (χ1n) is 8.77. The molecule has 0 aromatic heterocycles. The first-order valence-corrected chi connectivity index (χ1v) is 9.99. The first kappa shape index (κ1) is 23.1. The zero-order valence-electron chi connectivity index (χ0n) is 14.6. The van der Waals surface area contributed by atoms with Gasteiger partial charge >= 0.3 is 0 Å². The van der Waals surface area contributed by atoms with E-state index in [2.05, 4.69) is 32.0 Å². The summed E-state index contributed by atoms with van der Waals surface area (Å²) in [4.78, 5) is 1.27. The molecule has 23 heavy (non-hydrogen) atoms. The molecule has 0 spiro atoms. The Kier molecular flexibility index (Phi) is 14.6. The molecule has 0 aliphatic heterocycles. The van der Waals surface area contributed by atoms with Gasteiger partial charge in [0.25, 0.3) is 0 Å². The smallest absolute Gasteiger partial charge is 0.136 e. The van der Waals surface area contributed by atoms with Gasteiger partial charge in [-0.05, 0) is 42.9 Å². The van der Waals surface area contributed by atoms with Gasteiger partial charge in [0.05, 0.1) is 0 Å². The molecule has 0 radical (unpaired) electrons. The van der Waals surface area contributed by atoms with Crippen molar-refractivity contribution >= 4 is 28.3 Å². The van der Waals surface area contributed by atoms with Crippen molar-refractivity contribution in [2.45, 2.75) is 83.0 Å². The number of unbranched alkanes of at least 4 members (excludes halogenated alkanes) is 6. The molecule has 0 heterocycles. The van der Waals surface area contributed by atoms with Crippen molar-refractivity contribution < 1.29 is 21.1 Å². The van der Waals surface area contributed by atoms with Crippen molar-refractivity contribution in [1.29, 1.82) is 0 Å². The topological polar surface area (TPSA) is 26.0 Å². The quantitative estimate of drug-likeness (QED) is 0.193. The van der Waals surface area contributed by atoms with Crippen LogP contribution < -0.4 is 5.73 Å². The number of benzene rings is 1. The normalized spacial score (nSPS) is 10.3. The van der Waals surface area contributed by atoms with E-state index in [1.54, 1.807) is 11.8 Å². The second-order valence-corrected chi connectivity index (χ2v) is 7.72. The van der Waals surface area contributed by atoms with Gasteiger partial charge in [-0.3, -0.25) is 0 Å². The van der Waals surface area contributed by atoms with Crippen LogP contribution in [-0.4, -0.2) is 4.32 Å². The first-order chi connectivity index (χ1) is 10.7. The van der Waals surface area contributed by atoms with Crippen LogP contribution in [-0.2, 0) is 33.9 Å². The Morgan fingerprint density at radius 2 is 1.57 bits per heavy atom. The van der Waals surface area contributed by atoms with E-state index in [0.29, 0.717) is 4.32 Å². The van der Waals surface area contributed by atoms with Gasteiger partial charge in [-0.25, -0.2) is 0 Å². The molecule has 0 unspecified atom stereocenters. The molecule has 0 fully saturated rings. The minimum absolute atomic E-state index is 0. The minimum Gasteiger partial charge on any atom is -0.384 e. The zero-order valence-corrected chi connectivity index (χ0v) is 18.2. The molecular formula is C19H31MoNS2. The van der Waals surface area contributed by atoms with E-state index in [9.17, 15) is 0 Å². The summed E-state index contributed by atoms with van der Waals surface area (Å²) in [6.45, 7) is 4.52. The van der Waals surface area contributed by atoms with E-state index in [0.717, 1.165) is 6.42 Å². The number of aryl methyl sites for hydroxylation is 1. The third-order valence-corrected chi connectivity index (χ3v) is 5.07. The Bertz CT molecular complexity index is 449. The Hall–Kier alpha value is 0.148. The molecule has 0 amide bonds. The standard InChI is InChI=1S/C19H31NS2.Mo/c1-3-5-7-9-12-16-13-11-15-18(22-19(20)21)17(16)14-10-8-6-4-2;/h11,13,15H,3-10,12,14H2,1-2H3,(H2,20,21);. The summed E-state index contributed by atoms with van der Waals surface area (Å²) in [6, 6.07) is 6.63. The maximum atomic E-state index is 5.75. The Morgan fingerprint density at radius 3 is 2.13 bits per heavy atom. The average Bonchev–Trinajstić information content (AvgIpc) is 2.49. The zero-order chi connectivity index (χ0) is 16.2. The molecule has 0 atom stereocenters. The molecule has 1 aromatic carbocycles. The second kappa shape index (κ2) is 14.5. The predicted octanol–water partition coefficient (Wildman–Crippen LogP) is 6.27. The van der Waals surface area contributed by atoms with Crippen LogP contribution in [0, 0.1) is 0 Å². The summed E-state index contributed by atoms with van der Waals surface area (Å²) in [5.74, 6) is 0. The summed E-state index contributed by atoms with van der Waals surface area (Å²) < 4.78 is 0.526. The van der Waals surface area contributed by atoms with Gasteiger partial charge in [0, 0.05) is 26.0 Å². The molecule has 1 rings (SSSR count). The molecule has 4 heteroatoms. The largest absolute Gasteiger partial charge is 0.384 e. The molecular weight excluding hydrogens is 402 g/mol. The summed E-state index contributed by atoms with van der Waals surface area (Å²) >= 11 is 6.65. The number of nitrogens with two attached hydrogens (primary N) is 1. The van der Waals surface area contributed by atoms with Gasteiger partial charge in [-0.15, -0.1) is 0 Å². The summed E-state index contributed by atoms with van der Waals surface area (Å²) in [6.07, 6.45) is 12.8. The Balaban J connectivity index is 0.00000484. The molecule has 130 valence electrons. The van der Waals surface area contributed by atoms with Crippen LogP contribution in [0.15, 0.2) is 23.1 Å². The predicted molar refractivity (Wildman–Crippen MR) is 105 cm³/mol. The number of hydrogen-bond acceptors (Lipinski definition) is 2. The van der Waals surface area contributed by atoms with Crippen molar-refractivity contribution in [3.8, 4) is 0 Å². The maximum Gasteiger partial charge on any atom is 0.136 e. The van der Waals surface area contributed by atoms with Gasteiger partial charge in [0.15, 0.2) is 0 Å². The summed E-state index contributed by atoms with van der Waals surface area (Å²) in [5, 5.41) is 0. The van der Waals surface area contributed by atoms with Crippen LogP contribution in [0.4, 0.5) is 0 Å². The maximum absolute atomic E-state index is 5.75. The second-order valence-electron chi connectivity index (χ2n) is 5.94. The Morgan fingerprint density at radius 1 is 0.957 bits per heavy atom. The van der Waals surface area contributed by atoms with Gasteiger partial charge < -0.3 is 5.73 Å². The van der Waals surface area contributed by atoms with Crippen molar-refractivity contribution in [3.63, 3.8) is 0 Å². The van der Waals surface area contributed by atoms with Crippen LogP contribution in [0.25, 0.3) is 0 Å². The van der Waals surface area contributed by atoms with Gasteiger partial charge in [-0.2, -0.15) is 0 Å². The van der Waals surface area contributed by atoms with E-state index >= 15 is 0 Å². The fraction of sp³-hybridized carbons (Fsp3) is 0.632. The number of thioether (sulfide) groups is 1. The van der Waals surface area contributed by atoms with Crippen molar-refractivity contribution in [2.75, 3.05) is 0 Å². The van der Waals surface area contributed by atoms with Crippen molar-refractivity contribution in [1.82, 2.24) is 0 Å². The summed E-state index contributed by atoms with van der Waals surface area (Å²) in [7, 11) is 0. The SMILES string of the molecule is CCCCCCc1cccc(SC(N)=S)c1CCCCCC.[Mo]. The molecule has 0 aliphatic rings. The minimum atomic E-state index is 0. The van der Waals surface area contributed by atoms with Crippen molar-refractivity contribution in [3.05, 3.63) is 29.3 Å². The molecule has 1 aromatic rings. The summed E-state index contributed by atoms with van der Waals surface area (Å²) in [5.41, 5.74) is 8.76. The van der Waals surface area contributed by atoms with Crippen LogP contribution in [0.5, 0.6) is 0 Å². The third kappa shape index (κ3) is 9.89. The van der Waals surface area contributed by atoms with E-state index in [1.165, 1.54) is 73.8 Å². The molecule has 0 saturated carbocycles. The van der Waals surface area contributed by atoms with Crippen LogP contribution in [0.2, 0.25) is 0 Å². The monoisotopic (exact) mass is 435 g/mol. The van der Waals surface area contributed by atoms with E-state index in [1.807, 2.05) is 0 Å². The van der Waals surface area contributed by atoms with E-state index < -0.39 is 0 Å². The van der Waals surface area contributed by atoms with Crippen LogP contribution in [0.1, 0.15) is 76.3 Å². The van der Waals surface area contributed by atoms with Gasteiger partial charge in [0.2, 0.25) is 0 Å². The fourth-order valence-corrected chi connectivity index (χ4v) is 3.79. The van der Waals surface area contributed by atoms with Crippen LogP contribution in [0.3, 0.4) is 0 Å². The third-order valence-electron chi connectivity index (χ3n) is 4.02. The van der Waals surface area contributed by atoms with Gasteiger partial charge in [-0.1, -0.05) is 88.5 Å².